The van der Waals surface area contributed by atoms with Gasteiger partial charge in [0.25, 0.3) is 0 Å². The molecule has 4 rings (SSSR count). The maximum Gasteiger partial charge on any atom is 0.0473 e. The van der Waals surface area contributed by atoms with Gasteiger partial charge in [-0.3, -0.25) is 0 Å². The normalized spacial score (nSPS) is 18.4. The van der Waals surface area contributed by atoms with Crippen molar-refractivity contribution in [1.29, 1.82) is 0 Å². The fraction of sp³-hybridized carbons (Fsp3) is 0.200. The molecule has 0 heterocycles. The molecule has 1 unspecified atom stereocenters. The summed E-state index contributed by atoms with van der Waals surface area (Å²) in [6, 6.07) is 17.1. The average molecular weight is 273 g/mol. The molecule has 0 radical (unpaired) electrons. The second-order valence-corrected chi connectivity index (χ2v) is 5.88. The lowest BCUT2D eigenvalue weighted by Crippen LogP contribution is -2.03. The third-order valence-electron chi connectivity index (χ3n) is 4.64. The second kappa shape index (κ2) is 4.92. The maximum atomic E-state index is 6.44. The lowest BCUT2D eigenvalue weighted by Gasteiger charge is -2.22. The molecular weight excluding hydrogens is 254 g/mol. The number of anilines is 1. The Morgan fingerprint density at radius 1 is 0.810 bits per heavy atom. The van der Waals surface area contributed by atoms with Crippen molar-refractivity contribution in [1.82, 2.24) is 0 Å². The molecule has 1 nitrogen and oxygen atoms in total. The summed E-state index contributed by atoms with van der Waals surface area (Å²) in [7, 11) is 0. The van der Waals surface area contributed by atoms with E-state index in [1.54, 1.807) is 0 Å². The third-order valence-corrected chi connectivity index (χ3v) is 4.64. The van der Waals surface area contributed by atoms with Crippen LogP contribution in [0.2, 0.25) is 0 Å². The molecule has 1 aliphatic carbocycles. The molecule has 0 fully saturated rings. The molecule has 0 saturated carbocycles. The third kappa shape index (κ3) is 1.92. The highest BCUT2D eigenvalue weighted by Gasteiger charge is 2.18. The number of fused-ring (bicyclic) bond motifs is 2. The smallest absolute Gasteiger partial charge is 0.0473 e. The standard InChI is InChI=1S/C20H19N/c21-20-17-12-6-4-10-15(17)19(14-8-2-1-3-9-14)16-11-5-7-13-18(16)20/h2,4-8,10-14H,1,3,9,21H2. The van der Waals surface area contributed by atoms with Gasteiger partial charge in [0.2, 0.25) is 0 Å². The molecule has 104 valence electrons. The Kier molecular flexibility index (Phi) is 2.92. The maximum absolute atomic E-state index is 6.44. The van der Waals surface area contributed by atoms with E-state index < -0.39 is 0 Å². The molecule has 3 aromatic rings. The molecule has 1 aliphatic rings. The van der Waals surface area contributed by atoms with Gasteiger partial charge in [0.05, 0.1) is 0 Å². The lowest BCUT2D eigenvalue weighted by molar-refractivity contribution is 0.660. The molecule has 1 atom stereocenters. The van der Waals surface area contributed by atoms with Crippen LogP contribution in [0.4, 0.5) is 5.69 Å². The van der Waals surface area contributed by atoms with E-state index in [-0.39, 0.29) is 0 Å². The van der Waals surface area contributed by atoms with Crippen molar-refractivity contribution >= 4 is 27.2 Å². The Morgan fingerprint density at radius 2 is 1.38 bits per heavy atom. The van der Waals surface area contributed by atoms with Crippen molar-refractivity contribution in [2.24, 2.45) is 0 Å². The van der Waals surface area contributed by atoms with E-state index >= 15 is 0 Å². The van der Waals surface area contributed by atoms with Gasteiger partial charge in [-0.05, 0) is 35.6 Å². The van der Waals surface area contributed by atoms with Crippen molar-refractivity contribution in [2.75, 3.05) is 5.73 Å². The molecular formula is C20H19N. The monoisotopic (exact) mass is 273 g/mol. The number of nitrogen functional groups attached to an aromatic ring is 1. The Morgan fingerprint density at radius 3 is 1.90 bits per heavy atom. The first kappa shape index (κ1) is 12.5. The molecule has 0 amide bonds. The first-order valence-corrected chi connectivity index (χ1v) is 7.72. The number of hydrogen-bond donors (Lipinski definition) is 1. The summed E-state index contributed by atoms with van der Waals surface area (Å²) >= 11 is 0. The van der Waals surface area contributed by atoms with Gasteiger partial charge in [0.15, 0.2) is 0 Å². The first-order valence-electron chi connectivity index (χ1n) is 7.72. The molecule has 0 aromatic heterocycles. The van der Waals surface area contributed by atoms with Crippen molar-refractivity contribution in [3.05, 3.63) is 66.2 Å². The first-order chi connectivity index (χ1) is 10.4. The fourth-order valence-corrected chi connectivity index (χ4v) is 3.65. The van der Waals surface area contributed by atoms with E-state index in [9.17, 15) is 0 Å². The van der Waals surface area contributed by atoms with E-state index in [4.69, 9.17) is 5.73 Å². The van der Waals surface area contributed by atoms with E-state index in [0.29, 0.717) is 5.92 Å². The zero-order valence-electron chi connectivity index (χ0n) is 12.0. The number of nitrogens with two attached hydrogens (primary N) is 1. The van der Waals surface area contributed by atoms with Gasteiger partial charge in [-0.25, -0.2) is 0 Å². The van der Waals surface area contributed by atoms with Crippen molar-refractivity contribution in [3.8, 4) is 0 Å². The summed E-state index contributed by atoms with van der Waals surface area (Å²) < 4.78 is 0. The molecule has 0 spiro atoms. The lowest BCUT2D eigenvalue weighted by atomic mass is 9.83. The predicted octanol–water partition coefficient (Wildman–Crippen LogP) is 5.40. The molecule has 0 saturated heterocycles. The SMILES string of the molecule is Nc1c2ccccc2c(C2C=CCCC2)c2ccccc12. The van der Waals surface area contributed by atoms with Crippen LogP contribution in [-0.4, -0.2) is 0 Å². The molecule has 0 bridgehead atoms. The Bertz CT molecular complexity index is 788. The van der Waals surface area contributed by atoms with Crippen LogP contribution in [-0.2, 0) is 0 Å². The van der Waals surface area contributed by atoms with Gasteiger partial charge in [0, 0.05) is 22.4 Å². The van der Waals surface area contributed by atoms with E-state index in [1.165, 1.54) is 46.4 Å². The second-order valence-electron chi connectivity index (χ2n) is 5.88. The van der Waals surface area contributed by atoms with Crippen molar-refractivity contribution in [3.63, 3.8) is 0 Å². The highest BCUT2D eigenvalue weighted by atomic mass is 14.6. The highest BCUT2D eigenvalue weighted by Crippen LogP contribution is 2.41. The van der Waals surface area contributed by atoms with Crippen LogP contribution in [0.25, 0.3) is 21.5 Å². The van der Waals surface area contributed by atoms with E-state index in [2.05, 4.69) is 60.7 Å². The van der Waals surface area contributed by atoms with Gasteiger partial charge in [0.1, 0.15) is 0 Å². The minimum Gasteiger partial charge on any atom is -0.398 e. The van der Waals surface area contributed by atoms with Gasteiger partial charge < -0.3 is 5.73 Å². The van der Waals surface area contributed by atoms with Crippen LogP contribution >= 0.6 is 0 Å². The summed E-state index contributed by atoms with van der Waals surface area (Å²) in [5, 5.41) is 4.99. The highest BCUT2D eigenvalue weighted by molar-refractivity contribution is 6.13. The van der Waals surface area contributed by atoms with E-state index in [0.717, 1.165) is 5.69 Å². The van der Waals surface area contributed by atoms with Crippen molar-refractivity contribution < 1.29 is 0 Å². The predicted molar refractivity (Wildman–Crippen MR) is 91.6 cm³/mol. The minimum atomic E-state index is 0.508. The molecule has 0 aliphatic heterocycles. The fourth-order valence-electron chi connectivity index (χ4n) is 3.65. The summed E-state index contributed by atoms with van der Waals surface area (Å²) in [6.07, 6.45) is 8.42. The van der Waals surface area contributed by atoms with Crippen LogP contribution in [0, 0.1) is 0 Å². The summed E-state index contributed by atoms with van der Waals surface area (Å²) in [5.41, 5.74) is 8.79. The van der Waals surface area contributed by atoms with Crippen LogP contribution < -0.4 is 5.73 Å². The van der Waals surface area contributed by atoms with Crippen LogP contribution in [0.5, 0.6) is 0 Å². The molecule has 2 N–H and O–H groups in total. The average Bonchev–Trinajstić information content (AvgIpc) is 2.56. The Hall–Kier alpha value is -2.28. The van der Waals surface area contributed by atoms with Gasteiger partial charge in [-0.15, -0.1) is 0 Å². The quantitative estimate of drug-likeness (QED) is 0.358. The number of hydrogen-bond acceptors (Lipinski definition) is 1. The van der Waals surface area contributed by atoms with Crippen molar-refractivity contribution in [2.45, 2.75) is 25.2 Å². The van der Waals surface area contributed by atoms with Crippen LogP contribution in [0.3, 0.4) is 0 Å². The number of benzene rings is 3. The molecule has 3 aromatic carbocycles. The molecule has 21 heavy (non-hydrogen) atoms. The topological polar surface area (TPSA) is 26.0 Å². The molecule has 1 heteroatoms. The summed E-state index contributed by atoms with van der Waals surface area (Å²) in [5.74, 6) is 0.508. The summed E-state index contributed by atoms with van der Waals surface area (Å²) in [4.78, 5) is 0. The van der Waals surface area contributed by atoms with E-state index in [1.807, 2.05) is 0 Å². The van der Waals surface area contributed by atoms with Gasteiger partial charge in [-0.2, -0.15) is 0 Å². The van der Waals surface area contributed by atoms with Gasteiger partial charge >= 0.3 is 0 Å². The Labute approximate surface area is 125 Å². The Balaban J connectivity index is 2.16. The number of allylic oxidation sites excluding steroid dienone is 2. The van der Waals surface area contributed by atoms with Crippen LogP contribution in [0.15, 0.2) is 60.7 Å². The number of rotatable bonds is 1. The summed E-state index contributed by atoms with van der Waals surface area (Å²) in [6.45, 7) is 0. The van der Waals surface area contributed by atoms with Gasteiger partial charge in [-0.1, -0.05) is 60.7 Å². The minimum absolute atomic E-state index is 0.508. The zero-order chi connectivity index (χ0) is 14.2. The largest absolute Gasteiger partial charge is 0.398 e. The van der Waals surface area contributed by atoms with Crippen LogP contribution in [0.1, 0.15) is 30.7 Å². The zero-order valence-corrected chi connectivity index (χ0v) is 12.0.